The summed E-state index contributed by atoms with van der Waals surface area (Å²) in [5.41, 5.74) is 0. The molecular weight excluding hydrogens is 639 g/mol. The largest absolute Gasteiger partial charge is 0.469 e. The standard InChI is InChI=1S/C40H71O8P/c1-3-5-7-9-11-13-15-17-19-20-21-23-25-27-29-31-33-35-40(42)48-38(37-47-49(43,44)45)36-46-39(41)34-32-30-28-26-24-22-18-16-14-12-10-8-6-4-2/h16-19,21,23,27,29,38H,3-15,20,22,24-26,28,30-37H2,1-2H3,(H2,43,44,45)/b18-16+,19-17+,23-21+,29-27+/t38-/m1/s1. The smallest absolute Gasteiger partial charge is 0.462 e. The molecule has 8 nitrogen and oxygen atoms in total. The molecule has 0 rings (SSSR count). The van der Waals surface area contributed by atoms with E-state index in [0.717, 1.165) is 51.4 Å². The minimum Gasteiger partial charge on any atom is -0.462 e. The lowest BCUT2D eigenvalue weighted by Crippen LogP contribution is -2.29. The number of phosphoric ester groups is 1. The maximum absolute atomic E-state index is 12.3. The SMILES string of the molecule is CCCCCCC/C=C/CCCCCCCC(=O)OC[C@H](COP(=O)(O)O)OC(=O)CCC/C=C/C/C=C/C/C=C/CCCCCCCC. The van der Waals surface area contributed by atoms with Crippen LogP contribution in [0.25, 0.3) is 0 Å². The molecule has 0 aliphatic heterocycles. The van der Waals surface area contributed by atoms with Gasteiger partial charge in [-0.25, -0.2) is 4.57 Å². The topological polar surface area (TPSA) is 119 Å². The molecule has 0 radical (unpaired) electrons. The van der Waals surface area contributed by atoms with Crippen molar-refractivity contribution in [2.45, 2.75) is 180 Å². The highest BCUT2D eigenvalue weighted by molar-refractivity contribution is 7.46. The highest BCUT2D eigenvalue weighted by Gasteiger charge is 2.22. The monoisotopic (exact) mass is 710 g/mol. The molecule has 0 unspecified atom stereocenters. The third-order valence-corrected chi connectivity index (χ3v) is 8.56. The third-order valence-electron chi connectivity index (χ3n) is 8.07. The molecular formula is C40H71O8P. The number of rotatable bonds is 35. The lowest BCUT2D eigenvalue weighted by Gasteiger charge is -2.18. The number of carbonyl (C=O) groups excluding carboxylic acids is 2. The number of allylic oxidation sites excluding steroid dienone is 8. The second kappa shape index (κ2) is 35.8. The van der Waals surface area contributed by atoms with Crippen molar-refractivity contribution in [2.75, 3.05) is 13.2 Å². The Morgan fingerprint density at radius 1 is 0.531 bits per heavy atom. The molecule has 0 aromatic heterocycles. The number of carbonyl (C=O) groups is 2. The fraction of sp³-hybridized carbons (Fsp3) is 0.750. The van der Waals surface area contributed by atoms with Crippen LogP contribution in [0.15, 0.2) is 48.6 Å². The molecule has 284 valence electrons. The molecule has 0 aliphatic rings. The van der Waals surface area contributed by atoms with Crippen molar-refractivity contribution >= 4 is 19.8 Å². The zero-order valence-electron chi connectivity index (χ0n) is 31.1. The van der Waals surface area contributed by atoms with Crippen molar-refractivity contribution in [3.63, 3.8) is 0 Å². The van der Waals surface area contributed by atoms with Crippen LogP contribution < -0.4 is 0 Å². The lowest BCUT2D eigenvalue weighted by atomic mass is 10.1. The second-order valence-electron chi connectivity index (χ2n) is 12.9. The zero-order valence-corrected chi connectivity index (χ0v) is 32.0. The summed E-state index contributed by atoms with van der Waals surface area (Å²) in [6, 6.07) is 0. The van der Waals surface area contributed by atoms with Gasteiger partial charge >= 0.3 is 19.8 Å². The van der Waals surface area contributed by atoms with Gasteiger partial charge in [0.05, 0.1) is 6.61 Å². The first-order chi connectivity index (χ1) is 23.8. The molecule has 0 aliphatic carbocycles. The van der Waals surface area contributed by atoms with Crippen LogP contribution in [0.4, 0.5) is 0 Å². The Morgan fingerprint density at radius 3 is 1.45 bits per heavy atom. The molecule has 49 heavy (non-hydrogen) atoms. The van der Waals surface area contributed by atoms with Gasteiger partial charge in [-0.15, -0.1) is 0 Å². The summed E-state index contributed by atoms with van der Waals surface area (Å²) in [5, 5.41) is 0. The molecule has 2 N–H and O–H groups in total. The van der Waals surface area contributed by atoms with Crippen molar-refractivity contribution in [1.82, 2.24) is 0 Å². The molecule has 0 aromatic carbocycles. The third kappa shape index (κ3) is 38.7. The van der Waals surface area contributed by atoms with Gasteiger partial charge in [-0.1, -0.05) is 140 Å². The number of ether oxygens (including phenoxy) is 2. The van der Waals surface area contributed by atoms with Gasteiger partial charge in [0, 0.05) is 12.8 Å². The van der Waals surface area contributed by atoms with E-state index in [-0.39, 0.29) is 19.4 Å². The van der Waals surface area contributed by atoms with Crippen molar-refractivity contribution in [1.29, 1.82) is 0 Å². The lowest BCUT2D eigenvalue weighted by molar-refractivity contribution is -0.161. The first-order valence-corrected chi connectivity index (χ1v) is 21.0. The van der Waals surface area contributed by atoms with E-state index in [0.29, 0.717) is 19.3 Å². The van der Waals surface area contributed by atoms with Gasteiger partial charge in [0.1, 0.15) is 6.61 Å². The Labute approximate surface area is 299 Å². The molecule has 0 spiro atoms. The summed E-state index contributed by atoms with van der Waals surface area (Å²) in [4.78, 5) is 42.7. The van der Waals surface area contributed by atoms with Crippen LogP contribution in [0.5, 0.6) is 0 Å². The van der Waals surface area contributed by atoms with Crippen LogP contribution in [0.3, 0.4) is 0 Å². The summed E-state index contributed by atoms with van der Waals surface area (Å²) in [5.74, 6) is -0.958. The Morgan fingerprint density at radius 2 is 0.939 bits per heavy atom. The summed E-state index contributed by atoms with van der Waals surface area (Å²) in [6.07, 6.45) is 42.7. The number of phosphoric acid groups is 1. The Kier molecular flexibility index (Phi) is 34.4. The van der Waals surface area contributed by atoms with Crippen LogP contribution in [0.2, 0.25) is 0 Å². The predicted octanol–water partition coefficient (Wildman–Crippen LogP) is 11.6. The highest BCUT2D eigenvalue weighted by Crippen LogP contribution is 2.36. The highest BCUT2D eigenvalue weighted by atomic mass is 31.2. The number of esters is 2. The minimum atomic E-state index is -4.77. The molecule has 9 heteroatoms. The molecule has 0 heterocycles. The Bertz CT molecular complexity index is 937. The van der Waals surface area contributed by atoms with E-state index in [1.165, 1.54) is 77.0 Å². The van der Waals surface area contributed by atoms with Crippen LogP contribution >= 0.6 is 7.82 Å². The Hall–Kier alpha value is -1.99. The Balaban J connectivity index is 4.07. The van der Waals surface area contributed by atoms with Gasteiger partial charge in [-0.05, 0) is 70.6 Å². The number of unbranched alkanes of at least 4 members (excludes halogenated alkanes) is 17. The zero-order chi connectivity index (χ0) is 36.1. The molecule has 0 amide bonds. The van der Waals surface area contributed by atoms with Gasteiger partial charge in [-0.2, -0.15) is 0 Å². The van der Waals surface area contributed by atoms with Crippen LogP contribution in [-0.2, 0) is 28.2 Å². The first-order valence-electron chi connectivity index (χ1n) is 19.4. The molecule has 0 bridgehead atoms. The van der Waals surface area contributed by atoms with Gasteiger partial charge in [0.25, 0.3) is 0 Å². The van der Waals surface area contributed by atoms with E-state index in [1.807, 2.05) is 6.08 Å². The van der Waals surface area contributed by atoms with Crippen molar-refractivity contribution < 1.29 is 37.9 Å². The maximum atomic E-state index is 12.3. The van der Waals surface area contributed by atoms with E-state index >= 15 is 0 Å². The molecule has 0 saturated carbocycles. The number of hydrogen-bond donors (Lipinski definition) is 2. The fourth-order valence-electron chi connectivity index (χ4n) is 5.15. The predicted molar refractivity (Wildman–Crippen MR) is 202 cm³/mol. The van der Waals surface area contributed by atoms with Crippen LogP contribution in [0.1, 0.15) is 174 Å². The van der Waals surface area contributed by atoms with E-state index in [1.54, 1.807) is 0 Å². The second-order valence-corrected chi connectivity index (χ2v) is 14.1. The van der Waals surface area contributed by atoms with E-state index in [2.05, 4.69) is 60.9 Å². The van der Waals surface area contributed by atoms with Crippen LogP contribution in [0, 0.1) is 0 Å². The molecule has 1 atom stereocenters. The fourth-order valence-corrected chi connectivity index (χ4v) is 5.51. The van der Waals surface area contributed by atoms with Gasteiger partial charge < -0.3 is 19.3 Å². The van der Waals surface area contributed by atoms with Crippen molar-refractivity contribution in [3.8, 4) is 0 Å². The first kappa shape index (κ1) is 47.0. The average molecular weight is 711 g/mol. The normalized spacial score (nSPS) is 13.0. The van der Waals surface area contributed by atoms with Crippen LogP contribution in [-0.4, -0.2) is 41.0 Å². The van der Waals surface area contributed by atoms with E-state index < -0.39 is 32.5 Å². The number of hydrogen-bond acceptors (Lipinski definition) is 6. The summed E-state index contributed by atoms with van der Waals surface area (Å²) in [6.45, 7) is 3.61. The molecule has 0 saturated heterocycles. The van der Waals surface area contributed by atoms with Gasteiger partial charge in [-0.3, -0.25) is 14.1 Å². The van der Waals surface area contributed by atoms with Gasteiger partial charge in [0.2, 0.25) is 0 Å². The maximum Gasteiger partial charge on any atom is 0.469 e. The average Bonchev–Trinajstić information content (AvgIpc) is 3.07. The van der Waals surface area contributed by atoms with E-state index in [9.17, 15) is 14.2 Å². The molecule has 0 fully saturated rings. The minimum absolute atomic E-state index is 0.138. The van der Waals surface area contributed by atoms with Crippen molar-refractivity contribution in [3.05, 3.63) is 48.6 Å². The quantitative estimate of drug-likeness (QED) is 0.0289. The van der Waals surface area contributed by atoms with Gasteiger partial charge in [0.15, 0.2) is 6.10 Å². The summed E-state index contributed by atoms with van der Waals surface area (Å²) < 4.78 is 26.3. The molecule has 0 aromatic rings. The summed E-state index contributed by atoms with van der Waals surface area (Å²) in [7, 11) is -4.77. The summed E-state index contributed by atoms with van der Waals surface area (Å²) >= 11 is 0. The van der Waals surface area contributed by atoms with Crippen molar-refractivity contribution in [2.24, 2.45) is 0 Å². The van der Waals surface area contributed by atoms with E-state index in [4.69, 9.17) is 19.3 Å².